The zero-order chi connectivity index (χ0) is 17.4. The molecule has 0 aliphatic rings. The average Bonchev–Trinajstić information content (AvgIpc) is 2.60. The minimum Gasteiger partial charge on any atom is -0.492 e. The number of amides is 2. The second-order valence-electron chi connectivity index (χ2n) is 5.16. The SMILES string of the molecule is CC(NC(=O)C(=O)NCCOc1ccc(F)cc1)c1ccccc1. The van der Waals surface area contributed by atoms with Gasteiger partial charge in [-0.1, -0.05) is 30.3 Å². The topological polar surface area (TPSA) is 67.4 Å². The molecule has 2 aromatic carbocycles. The fourth-order valence-corrected chi connectivity index (χ4v) is 2.03. The van der Waals surface area contributed by atoms with Crippen molar-refractivity contribution in [1.29, 1.82) is 0 Å². The van der Waals surface area contributed by atoms with Crippen molar-refractivity contribution < 1.29 is 18.7 Å². The molecule has 2 N–H and O–H groups in total. The van der Waals surface area contributed by atoms with Crippen LogP contribution in [0.4, 0.5) is 4.39 Å². The Hall–Kier alpha value is -2.89. The molecule has 0 radical (unpaired) electrons. The molecule has 0 heterocycles. The van der Waals surface area contributed by atoms with Crippen LogP contribution in [0.3, 0.4) is 0 Å². The highest BCUT2D eigenvalue weighted by Crippen LogP contribution is 2.11. The molecule has 5 nitrogen and oxygen atoms in total. The predicted octanol–water partition coefficient (Wildman–Crippen LogP) is 2.20. The maximum absolute atomic E-state index is 12.7. The van der Waals surface area contributed by atoms with E-state index in [9.17, 15) is 14.0 Å². The summed E-state index contributed by atoms with van der Waals surface area (Å²) in [5, 5.41) is 5.10. The van der Waals surface area contributed by atoms with Crippen molar-refractivity contribution >= 4 is 11.8 Å². The van der Waals surface area contributed by atoms with Crippen LogP contribution in [-0.2, 0) is 9.59 Å². The van der Waals surface area contributed by atoms with Crippen LogP contribution in [0.25, 0.3) is 0 Å². The van der Waals surface area contributed by atoms with Crippen molar-refractivity contribution in [2.24, 2.45) is 0 Å². The van der Waals surface area contributed by atoms with E-state index in [-0.39, 0.29) is 25.0 Å². The molecule has 0 spiro atoms. The standard InChI is InChI=1S/C18H19FN2O3/c1-13(14-5-3-2-4-6-14)21-18(23)17(22)20-11-12-24-16-9-7-15(19)8-10-16/h2-10,13H,11-12H2,1H3,(H,20,22)(H,21,23). The van der Waals surface area contributed by atoms with Crippen LogP contribution in [0.5, 0.6) is 5.75 Å². The molecule has 0 saturated carbocycles. The van der Waals surface area contributed by atoms with Gasteiger partial charge in [-0.25, -0.2) is 4.39 Å². The fraction of sp³-hybridized carbons (Fsp3) is 0.222. The van der Waals surface area contributed by atoms with Gasteiger partial charge >= 0.3 is 11.8 Å². The number of hydrogen-bond acceptors (Lipinski definition) is 3. The van der Waals surface area contributed by atoms with Crippen LogP contribution in [-0.4, -0.2) is 25.0 Å². The van der Waals surface area contributed by atoms with Gasteiger partial charge in [-0.15, -0.1) is 0 Å². The van der Waals surface area contributed by atoms with Crippen LogP contribution >= 0.6 is 0 Å². The van der Waals surface area contributed by atoms with Gasteiger partial charge in [0.05, 0.1) is 12.6 Å². The van der Waals surface area contributed by atoms with Gasteiger partial charge in [-0.3, -0.25) is 9.59 Å². The van der Waals surface area contributed by atoms with Crippen molar-refractivity contribution in [3.8, 4) is 5.75 Å². The molecule has 2 rings (SSSR count). The van der Waals surface area contributed by atoms with E-state index in [0.717, 1.165) is 5.56 Å². The smallest absolute Gasteiger partial charge is 0.309 e. The average molecular weight is 330 g/mol. The van der Waals surface area contributed by atoms with Gasteiger partial charge in [0, 0.05) is 0 Å². The molecule has 1 atom stereocenters. The predicted molar refractivity (Wildman–Crippen MR) is 87.9 cm³/mol. The molecule has 2 amide bonds. The van der Waals surface area contributed by atoms with E-state index in [0.29, 0.717) is 5.75 Å². The van der Waals surface area contributed by atoms with Crippen LogP contribution in [0, 0.1) is 5.82 Å². The van der Waals surface area contributed by atoms with Gasteiger partial charge in [0.2, 0.25) is 0 Å². The first-order chi connectivity index (χ1) is 11.6. The molecule has 6 heteroatoms. The van der Waals surface area contributed by atoms with Crippen molar-refractivity contribution in [2.45, 2.75) is 13.0 Å². The first-order valence-corrected chi connectivity index (χ1v) is 7.58. The van der Waals surface area contributed by atoms with Gasteiger partial charge in [0.15, 0.2) is 0 Å². The lowest BCUT2D eigenvalue weighted by atomic mass is 10.1. The molecule has 0 aliphatic carbocycles. The second-order valence-corrected chi connectivity index (χ2v) is 5.16. The van der Waals surface area contributed by atoms with Crippen LogP contribution < -0.4 is 15.4 Å². The molecule has 0 aliphatic heterocycles. The highest BCUT2D eigenvalue weighted by molar-refractivity contribution is 6.35. The summed E-state index contributed by atoms with van der Waals surface area (Å²) in [6, 6.07) is 14.6. The van der Waals surface area contributed by atoms with Gasteiger partial charge in [-0.2, -0.15) is 0 Å². The Morgan fingerprint density at radius 2 is 1.71 bits per heavy atom. The van der Waals surface area contributed by atoms with E-state index in [4.69, 9.17) is 4.74 Å². The lowest BCUT2D eigenvalue weighted by Crippen LogP contribution is -2.42. The molecule has 0 bridgehead atoms. The molecule has 0 aromatic heterocycles. The monoisotopic (exact) mass is 330 g/mol. The van der Waals surface area contributed by atoms with E-state index in [2.05, 4.69) is 10.6 Å². The normalized spacial score (nSPS) is 11.4. The van der Waals surface area contributed by atoms with Crippen LogP contribution in [0.2, 0.25) is 0 Å². The first kappa shape index (κ1) is 17.5. The third kappa shape index (κ3) is 5.39. The number of rotatable bonds is 6. The van der Waals surface area contributed by atoms with Gasteiger partial charge < -0.3 is 15.4 Å². The van der Waals surface area contributed by atoms with Gasteiger partial charge in [0.25, 0.3) is 0 Å². The summed E-state index contributed by atoms with van der Waals surface area (Å²) in [7, 11) is 0. The van der Waals surface area contributed by atoms with E-state index in [1.807, 2.05) is 30.3 Å². The first-order valence-electron chi connectivity index (χ1n) is 7.58. The molecule has 1 unspecified atom stereocenters. The zero-order valence-corrected chi connectivity index (χ0v) is 13.3. The number of nitrogens with one attached hydrogen (secondary N) is 2. The number of carbonyl (C=O) groups is 2. The Morgan fingerprint density at radius 1 is 1.04 bits per heavy atom. The van der Waals surface area contributed by atoms with E-state index < -0.39 is 11.8 Å². The molecule has 0 fully saturated rings. The molecule has 126 valence electrons. The summed E-state index contributed by atoms with van der Waals surface area (Å²) in [6.45, 7) is 2.15. The van der Waals surface area contributed by atoms with E-state index in [1.165, 1.54) is 24.3 Å². The van der Waals surface area contributed by atoms with Crippen molar-refractivity contribution in [3.63, 3.8) is 0 Å². The maximum atomic E-state index is 12.7. The highest BCUT2D eigenvalue weighted by Gasteiger charge is 2.16. The van der Waals surface area contributed by atoms with Crippen LogP contribution in [0.15, 0.2) is 54.6 Å². The summed E-state index contributed by atoms with van der Waals surface area (Å²) >= 11 is 0. The van der Waals surface area contributed by atoms with Gasteiger partial charge in [0.1, 0.15) is 18.2 Å². The number of carbonyl (C=O) groups excluding carboxylic acids is 2. The Morgan fingerprint density at radius 3 is 2.38 bits per heavy atom. The van der Waals surface area contributed by atoms with Gasteiger partial charge in [-0.05, 0) is 36.8 Å². The van der Waals surface area contributed by atoms with E-state index >= 15 is 0 Å². The van der Waals surface area contributed by atoms with Crippen molar-refractivity contribution in [3.05, 3.63) is 66.0 Å². The van der Waals surface area contributed by atoms with E-state index in [1.54, 1.807) is 6.92 Å². The largest absolute Gasteiger partial charge is 0.492 e. The molecular formula is C18H19FN2O3. The Bertz CT molecular complexity index is 674. The minimum absolute atomic E-state index is 0.170. The summed E-state index contributed by atoms with van der Waals surface area (Å²) in [4.78, 5) is 23.6. The zero-order valence-electron chi connectivity index (χ0n) is 13.3. The molecule has 2 aromatic rings. The third-order valence-corrected chi connectivity index (χ3v) is 3.32. The van der Waals surface area contributed by atoms with Crippen LogP contribution in [0.1, 0.15) is 18.5 Å². The summed E-state index contributed by atoms with van der Waals surface area (Å²) in [5.41, 5.74) is 0.915. The lowest BCUT2D eigenvalue weighted by molar-refractivity contribution is -0.139. The van der Waals surface area contributed by atoms with Crippen molar-refractivity contribution in [1.82, 2.24) is 10.6 Å². The number of halogens is 1. The highest BCUT2D eigenvalue weighted by atomic mass is 19.1. The minimum atomic E-state index is -0.722. The lowest BCUT2D eigenvalue weighted by Gasteiger charge is -2.14. The summed E-state index contributed by atoms with van der Waals surface area (Å²) < 4.78 is 18.1. The third-order valence-electron chi connectivity index (χ3n) is 3.32. The Balaban J connectivity index is 1.70. The Labute approximate surface area is 139 Å². The summed E-state index contributed by atoms with van der Waals surface area (Å²) in [6.07, 6.45) is 0. The number of ether oxygens (including phenoxy) is 1. The molecular weight excluding hydrogens is 311 g/mol. The number of benzene rings is 2. The Kier molecular flexibility index (Phi) is 6.31. The summed E-state index contributed by atoms with van der Waals surface area (Å²) in [5.74, 6) is -1.28. The quantitative estimate of drug-likeness (QED) is 0.630. The molecule has 0 saturated heterocycles. The van der Waals surface area contributed by atoms with Crippen molar-refractivity contribution in [2.75, 3.05) is 13.2 Å². The maximum Gasteiger partial charge on any atom is 0.309 e. The second kappa shape index (κ2) is 8.67. The molecule has 24 heavy (non-hydrogen) atoms. The fourth-order valence-electron chi connectivity index (χ4n) is 2.03. The number of hydrogen-bond donors (Lipinski definition) is 2.